The smallest absolute Gasteiger partial charge is 0.282 e. The third-order valence-corrected chi connectivity index (χ3v) is 6.75. The average molecular weight is 353 g/mol. The maximum atomic E-state index is 12.7. The Morgan fingerprint density at radius 3 is 2.33 bits per heavy atom. The van der Waals surface area contributed by atoms with Crippen LogP contribution in [0, 0.1) is 0 Å². The molecule has 2 saturated heterocycles. The third kappa shape index (κ3) is 3.70. The quantitative estimate of drug-likeness (QED) is 0.819. The molecular formula is C16H27N5O2S. The minimum atomic E-state index is -3.31. The lowest BCUT2D eigenvalue weighted by molar-refractivity contribution is 0.373. The van der Waals surface area contributed by atoms with Gasteiger partial charge in [-0.1, -0.05) is 13.8 Å². The first-order valence-electron chi connectivity index (χ1n) is 8.81. The van der Waals surface area contributed by atoms with Gasteiger partial charge in [-0.2, -0.15) is 17.0 Å². The van der Waals surface area contributed by atoms with E-state index in [1.54, 1.807) is 14.8 Å². The fourth-order valence-electron chi connectivity index (χ4n) is 3.24. The van der Waals surface area contributed by atoms with Gasteiger partial charge in [0.1, 0.15) is 0 Å². The Bertz CT molecular complexity index is 658. The topological polar surface area (TPSA) is 69.6 Å². The van der Waals surface area contributed by atoms with Crippen molar-refractivity contribution in [2.45, 2.75) is 39.0 Å². The van der Waals surface area contributed by atoms with Crippen LogP contribution in [-0.4, -0.2) is 66.3 Å². The third-order valence-electron chi connectivity index (χ3n) is 4.71. The normalized spacial score (nSPS) is 21.4. The second-order valence-corrected chi connectivity index (χ2v) is 8.72. The van der Waals surface area contributed by atoms with E-state index in [4.69, 9.17) is 0 Å². The summed E-state index contributed by atoms with van der Waals surface area (Å²) in [5, 5.41) is 0. The summed E-state index contributed by atoms with van der Waals surface area (Å²) in [5.41, 5.74) is 1.02. The first-order chi connectivity index (χ1) is 11.5. The molecule has 0 radical (unpaired) electrons. The number of nitrogens with zero attached hydrogens (tertiary/aromatic N) is 5. The van der Waals surface area contributed by atoms with Gasteiger partial charge in [-0.3, -0.25) is 0 Å². The van der Waals surface area contributed by atoms with Crippen LogP contribution < -0.4 is 4.90 Å². The molecule has 0 aromatic carbocycles. The van der Waals surface area contributed by atoms with Gasteiger partial charge in [-0.05, 0) is 31.2 Å². The van der Waals surface area contributed by atoms with E-state index in [0.29, 0.717) is 44.6 Å². The van der Waals surface area contributed by atoms with Gasteiger partial charge in [-0.15, -0.1) is 0 Å². The molecule has 0 bridgehead atoms. The van der Waals surface area contributed by atoms with Gasteiger partial charge < -0.3 is 4.90 Å². The van der Waals surface area contributed by atoms with Crippen molar-refractivity contribution >= 4 is 16.2 Å². The highest BCUT2D eigenvalue weighted by Crippen LogP contribution is 2.20. The van der Waals surface area contributed by atoms with Gasteiger partial charge in [0, 0.05) is 51.2 Å². The number of rotatable bonds is 4. The molecule has 0 atom stereocenters. The van der Waals surface area contributed by atoms with Gasteiger partial charge in [0.2, 0.25) is 5.95 Å². The van der Waals surface area contributed by atoms with E-state index in [1.807, 2.05) is 6.07 Å². The van der Waals surface area contributed by atoms with E-state index >= 15 is 0 Å². The Morgan fingerprint density at radius 2 is 1.62 bits per heavy atom. The highest BCUT2D eigenvalue weighted by molar-refractivity contribution is 7.86. The fourth-order valence-corrected chi connectivity index (χ4v) is 4.96. The molecule has 134 valence electrons. The summed E-state index contributed by atoms with van der Waals surface area (Å²) in [6.45, 7) is 8.01. The van der Waals surface area contributed by atoms with Crippen molar-refractivity contribution in [3.05, 3.63) is 18.0 Å². The molecule has 0 N–H and O–H groups in total. The van der Waals surface area contributed by atoms with Crippen molar-refractivity contribution in [2.24, 2.45) is 0 Å². The van der Waals surface area contributed by atoms with Crippen molar-refractivity contribution in [2.75, 3.05) is 44.2 Å². The van der Waals surface area contributed by atoms with Gasteiger partial charge >= 0.3 is 0 Å². The van der Waals surface area contributed by atoms with Crippen LogP contribution >= 0.6 is 0 Å². The maximum absolute atomic E-state index is 12.7. The van der Waals surface area contributed by atoms with E-state index in [2.05, 4.69) is 28.7 Å². The molecule has 3 heterocycles. The second kappa shape index (κ2) is 7.33. The Kier molecular flexibility index (Phi) is 5.36. The Balaban J connectivity index is 1.70. The molecule has 8 heteroatoms. The van der Waals surface area contributed by atoms with Crippen LogP contribution in [0.3, 0.4) is 0 Å². The number of hydrogen-bond acceptors (Lipinski definition) is 5. The molecule has 0 unspecified atom stereocenters. The van der Waals surface area contributed by atoms with Crippen molar-refractivity contribution in [1.29, 1.82) is 0 Å². The minimum absolute atomic E-state index is 0.353. The number of anilines is 1. The number of aromatic nitrogens is 2. The Morgan fingerprint density at radius 1 is 0.958 bits per heavy atom. The van der Waals surface area contributed by atoms with Crippen molar-refractivity contribution in [3.63, 3.8) is 0 Å². The lowest BCUT2D eigenvalue weighted by Crippen LogP contribution is -2.44. The van der Waals surface area contributed by atoms with Crippen molar-refractivity contribution < 1.29 is 8.42 Å². The molecule has 2 fully saturated rings. The van der Waals surface area contributed by atoms with Crippen LogP contribution in [0.5, 0.6) is 0 Å². The SMILES string of the molecule is CC(C)c1ccnc(N2CCCN(S(=O)(=O)N3CCCC3)CC2)n1. The summed E-state index contributed by atoms with van der Waals surface area (Å²) >= 11 is 0. The van der Waals surface area contributed by atoms with E-state index in [-0.39, 0.29) is 0 Å². The highest BCUT2D eigenvalue weighted by atomic mass is 32.2. The van der Waals surface area contributed by atoms with Crippen LogP contribution in [0.1, 0.15) is 44.7 Å². The average Bonchev–Trinajstić information content (AvgIpc) is 3.00. The lowest BCUT2D eigenvalue weighted by atomic mass is 10.1. The Labute approximate surface area is 144 Å². The predicted molar refractivity (Wildman–Crippen MR) is 94.3 cm³/mol. The molecular weight excluding hydrogens is 326 g/mol. The van der Waals surface area contributed by atoms with Crippen LogP contribution in [0.25, 0.3) is 0 Å². The van der Waals surface area contributed by atoms with Crippen LogP contribution in [0.2, 0.25) is 0 Å². The van der Waals surface area contributed by atoms with Crippen LogP contribution in [0.15, 0.2) is 12.3 Å². The van der Waals surface area contributed by atoms with E-state index in [0.717, 1.165) is 31.5 Å². The maximum Gasteiger partial charge on any atom is 0.282 e. The molecule has 1 aromatic heterocycles. The zero-order valence-corrected chi connectivity index (χ0v) is 15.4. The van der Waals surface area contributed by atoms with E-state index < -0.39 is 10.2 Å². The second-order valence-electron chi connectivity index (χ2n) is 6.79. The summed E-state index contributed by atoms with van der Waals surface area (Å²) in [6.07, 6.45) is 4.52. The lowest BCUT2D eigenvalue weighted by Gasteiger charge is -2.26. The predicted octanol–water partition coefficient (Wildman–Crippen LogP) is 1.45. The van der Waals surface area contributed by atoms with Crippen LogP contribution in [0.4, 0.5) is 5.95 Å². The van der Waals surface area contributed by atoms with Gasteiger partial charge in [0.15, 0.2) is 0 Å². The largest absolute Gasteiger partial charge is 0.339 e. The molecule has 24 heavy (non-hydrogen) atoms. The molecule has 0 spiro atoms. The van der Waals surface area contributed by atoms with Gasteiger partial charge in [0.05, 0.1) is 0 Å². The molecule has 0 amide bonds. The van der Waals surface area contributed by atoms with Crippen LogP contribution in [-0.2, 0) is 10.2 Å². The van der Waals surface area contributed by atoms with E-state index in [9.17, 15) is 8.42 Å². The molecule has 7 nitrogen and oxygen atoms in total. The molecule has 1 aromatic rings. The Hall–Kier alpha value is -1.25. The minimum Gasteiger partial charge on any atom is -0.339 e. The summed E-state index contributed by atoms with van der Waals surface area (Å²) in [7, 11) is -3.31. The standard InChI is InChI=1S/C16H27N5O2S/c1-14(2)15-6-7-17-16(18-15)19-8-5-11-21(13-12-19)24(22,23)20-9-3-4-10-20/h6-7,14H,3-5,8-13H2,1-2H3. The summed E-state index contributed by atoms with van der Waals surface area (Å²) in [5.74, 6) is 1.06. The summed E-state index contributed by atoms with van der Waals surface area (Å²) in [4.78, 5) is 11.1. The molecule has 3 rings (SSSR count). The highest BCUT2D eigenvalue weighted by Gasteiger charge is 2.33. The molecule has 0 saturated carbocycles. The monoisotopic (exact) mass is 353 g/mol. The summed E-state index contributed by atoms with van der Waals surface area (Å²) < 4.78 is 28.7. The zero-order chi connectivity index (χ0) is 17.2. The number of hydrogen-bond donors (Lipinski definition) is 0. The van der Waals surface area contributed by atoms with Gasteiger partial charge in [0.25, 0.3) is 10.2 Å². The first kappa shape index (κ1) is 17.6. The van der Waals surface area contributed by atoms with Gasteiger partial charge in [-0.25, -0.2) is 9.97 Å². The summed E-state index contributed by atoms with van der Waals surface area (Å²) in [6, 6.07) is 1.94. The van der Waals surface area contributed by atoms with E-state index in [1.165, 1.54) is 0 Å². The zero-order valence-electron chi connectivity index (χ0n) is 14.6. The molecule has 2 aliphatic heterocycles. The van der Waals surface area contributed by atoms with Crippen molar-refractivity contribution in [3.8, 4) is 0 Å². The van der Waals surface area contributed by atoms with Crippen molar-refractivity contribution in [1.82, 2.24) is 18.6 Å². The molecule has 2 aliphatic rings. The fraction of sp³-hybridized carbons (Fsp3) is 0.750. The first-order valence-corrected chi connectivity index (χ1v) is 10.2. The molecule has 0 aliphatic carbocycles.